The van der Waals surface area contributed by atoms with Gasteiger partial charge in [-0.3, -0.25) is 0 Å². The zero-order valence-corrected chi connectivity index (χ0v) is 8.73. The first kappa shape index (κ1) is 11.3. The number of nitrogens with zero attached hydrogens (tertiary/aromatic N) is 1. The van der Waals surface area contributed by atoms with Gasteiger partial charge in [0.2, 0.25) is 0 Å². The third-order valence-electron chi connectivity index (χ3n) is 1.63. The molecule has 2 N–H and O–H groups in total. The molecule has 0 atom stereocenters. The van der Waals surface area contributed by atoms with Crippen LogP contribution in [0.15, 0.2) is 29.4 Å². The summed E-state index contributed by atoms with van der Waals surface area (Å²) in [4.78, 5) is 0. The van der Waals surface area contributed by atoms with Gasteiger partial charge >= 0.3 is 0 Å². The summed E-state index contributed by atoms with van der Waals surface area (Å²) in [5.74, 6) is 5.56. The minimum atomic E-state index is -0.981. The molecule has 0 aromatic heterocycles. The zero-order chi connectivity index (χ0) is 11.3. The van der Waals surface area contributed by atoms with Crippen molar-refractivity contribution in [2.24, 2.45) is 5.16 Å². The van der Waals surface area contributed by atoms with Gasteiger partial charge in [-0.15, -0.1) is 0 Å². The molecule has 0 aliphatic carbocycles. The molecule has 0 amide bonds. The van der Waals surface area contributed by atoms with E-state index in [1.807, 2.05) is 0 Å². The number of rotatable bonds is 1. The van der Waals surface area contributed by atoms with Crippen LogP contribution in [0.2, 0.25) is 0 Å². The van der Waals surface area contributed by atoms with Gasteiger partial charge in [0, 0.05) is 5.56 Å². The fraction of sp³-hybridized carbons (Fsp3) is 0.250. The first-order valence-corrected chi connectivity index (χ1v) is 4.54. The van der Waals surface area contributed by atoms with Crippen molar-refractivity contribution in [2.45, 2.75) is 19.4 Å². The van der Waals surface area contributed by atoms with Gasteiger partial charge in [0.25, 0.3) is 0 Å². The van der Waals surface area contributed by atoms with Crippen molar-refractivity contribution in [1.29, 1.82) is 0 Å². The Balaban J connectivity index is 2.84. The van der Waals surface area contributed by atoms with Crippen molar-refractivity contribution >= 4 is 6.21 Å². The Morgan fingerprint density at radius 3 is 2.33 bits per heavy atom. The van der Waals surface area contributed by atoms with E-state index in [9.17, 15) is 5.11 Å². The predicted molar refractivity (Wildman–Crippen MR) is 59.0 cm³/mol. The molecule has 0 aliphatic heterocycles. The van der Waals surface area contributed by atoms with Gasteiger partial charge in [-0.05, 0) is 31.5 Å². The maximum Gasteiger partial charge on any atom is 0.120 e. The molecule has 0 saturated carbocycles. The Morgan fingerprint density at radius 1 is 1.27 bits per heavy atom. The van der Waals surface area contributed by atoms with Crippen molar-refractivity contribution in [3.8, 4) is 11.8 Å². The fourth-order valence-corrected chi connectivity index (χ4v) is 0.944. The summed E-state index contributed by atoms with van der Waals surface area (Å²) >= 11 is 0. The highest BCUT2D eigenvalue weighted by molar-refractivity contribution is 5.79. The van der Waals surface area contributed by atoms with Crippen LogP contribution >= 0.6 is 0 Å². The van der Waals surface area contributed by atoms with E-state index in [4.69, 9.17) is 5.21 Å². The van der Waals surface area contributed by atoms with Gasteiger partial charge in [0.15, 0.2) is 0 Å². The summed E-state index contributed by atoms with van der Waals surface area (Å²) in [5, 5.41) is 20.6. The molecule has 0 bridgehead atoms. The summed E-state index contributed by atoms with van der Waals surface area (Å²) < 4.78 is 0. The quantitative estimate of drug-likeness (QED) is 0.315. The summed E-state index contributed by atoms with van der Waals surface area (Å²) in [6.07, 6.45) is 1.34. The van der Waals surface area contributed by atoms with Crippen LogP contribution in [-0.4, -0.2) is 22.1 Å². The molecule has 0 unspecified atom stereocenters. The van der Waals surface area contributed by atoms with Crippen LogP contribution in [0.25, 0.3) is 0 Å². The van der Waals surface area contributed by atoms with Crippen molar-refractivity contribution in [3.05, 3.63) is 35.4 Å². The van der Waals surface area contributed by atoms with Gasteiger partial charge in [-0.2, -0.15) is 0 Å². The first-order chi connectivity index (χ1) is 7.01. The third-order valence-corrected chi connectivity index (χ3v) is 1.63. The van der Waals surface area contributed by atoms with Crippen LogP contribution < -0.4 is 0 Å². The molecule has 78 valence electrons. The lowest BCUT2D eigenvalue weighted by Crippen LogP contribution is -2.14. The van der Waals surface area contributed by atoms with Crippen molar-refractivity contribution in [1.82, 2.24) is 0 Å². The summed E-state index contributed by atoms with van der Waals surface area (Å²) in [6.45, 7) is 3.26. The van der Waals surface area contributed by atoms with Crippen LogP contribution in [0.4, 0.5) is 0 Å². The zero-order valence-electron chi connectivity index (χ0n) is 8.73. The fourth-order valence-electron chi connectivity index (χ4n) is 0.944. The molecule has 0 saturated heterocycles. The molecular weight excluding hydrogens is 190 g/mol. The average Bonchev–Trinajstić information content (AvgIpc) is 2.16. The molecule has 0 spiro atoms. The van der Waals surface area contributed by atoms with Gasteiger partial charge in [-0.25, -0.2) is 0 Å². The lowest BCUT2D eigenvalue weighted by atomic mass is 10.1. The highest BCUT2D eigenvalue weighted by Crippen LogP contribution is 2.03. The molecule has 0 aliphatic rings. The van der Waals surface area contributed by atoms with Crippen molar-refractivity contribution in [2.75, 3.05) is 0 Å². The minimum absolute atomic E-state index is 0.798. The highest BCUT2D eigenvalue weighted by Gasteiger charge is 2.05. The van der Waals surface area contributed by atoms with E-state index >= 15 is 0 Å². The van der Waals surface area contributed by atoms with E-state index in [0.717, 1.165) is 11.1 Å². The van der Waals surface area contributed by atoms with Crippen LogP contribution in [0, 0.1) is 11.8 Å². The topological polar surface area (TPSA) is 52.8 Å². The van der Waals surface area contributed by atoms with E-state index in [0.29, 0.717) is 0 Å². The lowest BCUT2D eigenvalue weighted by molar-refractivity contribution is 0.143. The van der Waals surface area contributed by atoms with Gasteiger partial charge in [0.05, 0.1) is 6.21 Å². The van der Waals surface area contributed by atoms with E-state index in [2.05, 4.69) is 17.0 Å². The monoisotopic (exact) mass is 203 g/mol. The SMILES string of the molecule is CC(C)(O)C#Cc1ccc(/C=N/O)cc1. The number of aliphatic hydroxyl groups is 1. The lowest BCUT2D eigenvalue weighted by Gasteiger charge is -2.05. The molecule has 3 heteroatoms. The summed E-state index contributed by atoms with van der Waals surface area (Å²) in [5.41, 5.74) is 0.629. The number of hydrogen-bond acceptors (Lipinski definition) is 3. The molecule has 0 fully saturated rings. The van der Waals surface area contributed by atoms with Crippen molar-refractivity contribution in [3.63, 3.8) is 0 Å². The maximum absolute atomic E-state index is 9.39. The standard InChI is InChI=1S/C12H13NO2/c1-12(2,14)8-7-10-3-5-11(6-4-10)9-13-15/h3-6,9,14-15H,1-2H3/b13-9+. The third kappa shape index (κ3) is 4.30. The highest BCUT2D eigenvalue weighted by atomic mass is 16.4. The second kappa shape index (κ2) is 4.63. The van der Waals surface area contributed by atoms with E-state index in [-0.39, 0.29) is 0 Å². The van der Waals surface area contributed by atoms with E-state index in [1.54, 1.807) is 38.1 Å². The number of oxime groups is 1. The second-order valence-corrected chi connectivity index (χ2v) is 3.68. The van der Waals surface area contributed by atoms with Crippen molar-refractivity contribution < 1.29 is 10.3 Å². The predicted octanol–water partition coefficient (Wildman–Crippen LogP) is 1.62. The average molecular weight is 203 g/mol. The Morgan fingerprint density at radius 2 is 1.87 bits per heavy atom. The second-order valence-electron chi connectivity index (χ2n) is 3.68. The maximum atomic E-state index is 9.39. The number of benzene rings is 1. The summed E-state index contributed by atoms with van der Waals surface area (Å²) in [7, 11) is 0. The molecule has 0 heterocycles. The van der Waals surface area contributed by atoms with Gasteiger partial charge < -0.3 is 10.3 Å². The van der Waals surface area contributed by atoms with Crippen LogP contribution in [0.1, 0.15) is 25.0 Å². The van der Waals surface area contributed by atoms with E-state index in [1.165, 1.54) is 6.21 Å². The largest absolute Gasteiger partial charge is 0.411 e. The molecule has 1 aromatic carbocycles. The first-order valence-electron chi connectivity index (χ1n) is 4.54. The smallest absolute Gasteiger partial charge is 0.120 e. The molecule has 1 aromatic rings. The Bertz CT molecular complexity index is 402. The molecule has 0 radical (unpaired) electrons. The van der Waals surface area contributed by atoms with Crippen LogP contribution in [-0.2, 0) is 0 Å². The van der Waals surface area contributed by atoms with Gasteiger partial charge in [-0.1, -0.05) is 29.1 Å². The Hall–Kier alpha value is -1.79. The molecule has 15 heavy (non-hydrogen) atoms. The van der Waals surface area contributed by atoms with E-state index < -0.39 is 5.60 Å². The van der Waals surface area contributed by atoms with Crippen LogP contribution in [0.3, 0.4) is 0 Å². The number of hydrogen-bond donors (Lipinski definition) is 2. The van der Waals surface area contributed by atoms with Gasteiger partial charge in [0.1, 0.15) is 5.60 Å². The van der Waals surface area contributed by atoms with Crippen LogP contribution in [0.5, 0.6) is 0 Å². The Kier molecular flexibility index (Phi) is 3.48. The molecule has 1 rings (SSSR count). The Labute approximate surface area is 89.1 Å². The molecular formula is C12H13NO2. The normalized spacial score (nSPS) is 11.1. The summed E-state index contributed by atoms with van der Waals surface area (Å²) in [6, 6.07) is 7.17. The molecule has 3 nitrogen and oxygen atoms in total. The minimum Gasteiger partial charge on any atom is -0.411 e.